The summed E-state index contributed by atoms with van der Waals surface area (Å²) < 4.78 is -1.08. The lowest BCUT2D eigenvalue weighted by molar-refractivity contribution is -0.142. The number of hydrogen-bond donors (Lipinski definition) is 3. The van der Waals surface area contributed by atoms with E-state index in [1.165, 1.54) is 0 Å². The molecule has 0 aromatic heterocycles. The zero-order valence-electron chi connectivity index (χ0n) is 22.0. The van der Waals surface area contributed by atoms with Crippen molar-refractivity contribution in [3.63, 3.8) is 0 Å². The number of anilines is 1. The normalized spacial score (nSPS) is 31.6. The van der Waals surface area contributed by atoms with Crippen LogP contribution in [0.5, 0.6) is 0 Å². The van der Waals surface area contributed by atoms with Gasteiger partial charge in [0.1, 0.15) is 6.04 Å². The first-order chi connectivity index (χ1) is 17.2. The Morgan fingerprint density at radius 1 is 1.17 bits per heavy atom. The summed E-state index contributed by atoms with van der Waals surface area (Å²) in [7, 11) is 0. The van der Waals surface area contributed by atoms with Crippen LogP contribution in [0.4, 0.5) is 5.69 Å². The third-order valence-electron chi connectivity index (χ3n) is 8.21. The quantitative estimate of drug-likeness (QED) is 0.389. The Balaban J connectivity index is 1.69. The molecule has 3 aliphatic heterocycles. The number of rotatable bonds is 11. The summed E-state index contributed by atoms with van der Waals surface area (Å²) in [6.07, 6.45) is 5.07. The van der Waals surface area contributed by atoms with Crippen molar-refractivity contribution in [2.45, 2.75) is 87.8 Å². The summed E-state index contributed by atoms with van der Waals surface area (Å²) in [6.45, 7) is 8.68. The van der Waals surface area contributed by atoms with Gasteiger partial charge < -0.3 is 20.6 Å². The van der Waals surface area contributed by atoms with Gasteiger partial charge in [0.15, 0.2) is 0 Å². The number of para-hydroxylation sites is 1. The molecule has 1 spiro atoms. The number of nitrogens with one attached hydrogen (secondary N) is 2. The lowest BCUT2D eigenvalue weighted by atomic mass is 9.66. The second-order valence-corrected chi connectivity index (χ2v) is 13.2. The van der Waals surface area contributed by atoms with Gasteiger partial charge in [0.25, 0.3) is 0 Å². The van der Waals surface area contributed by atoms with Crippen molar-refractivity contribution in [1.82, 2.24) is 10.2 Å². The van der Waals surface area contributed by atoms with Gasteiger partial charge in [0, 0.05) is 17.0 Å². The van der Waals surface area contributed by atoms with Crippen LogP contribution in [0, 0.1) is 17.8 Å². The molecule has 0 aliphatic carbocycles. The molecule has 6 atom stereocenters. The Kier molecular flexibility index (Phi) is 8.05. The molecule has 3 saturated heterocycles. The van der Waals surface area contributed by atoms with Gasteiger partial charge in [-0.05, 0) is 50.7 Å². The van der Waals surface area contributed by atoms with Crippen LogP contribution in [0.2, 0.25) is 0 Å². The lowest BCUT2D eigenvalue weighted by Gasteiger charge is -2.37. The van der Waals surface area contributed by atoms with E-state index in [-0.39, 0.29) is 30.2 Å². The third-order valence-corrected chi connectivity index (χ3v) is 10.2. The van der Waals surface area contributed by atoms with Gasteiger partial charge in [-0.1, -0.05) is 51.8 Å². The molecule has 7 nitrogen and oxygen atoms in total. The standard InChI is InChI=1S/C28H41N3O4S/c1-5-6-10-15-29-25(34)23-28-14-13-27(4,36-28)21(24(33)30-19-11-8-7-9-12-19)22(28)26(35)31(23)20(17-32)16-18(2)3/h7-9,11-12,18,20-23,32H,5-6,10,13-17H2,1-4H3,(H,29,34)(H,30,33)/t20-,21-,22+,23?,27+,28?/m1/s1. The van der Waals surface area contributed by atoms with Gasteiger partial charge in [0.05, 0.1) is 29.2 Å². The molecule has 0 saturated carbocycles. The van der Waals surface area contributed by atoms with Crippen LogP contribution < -0.4 is 10.6 Å². The van der Waals surface area contributed by atoms with Crippen LogP contribution in [0.1, 0.15) is 66.2 Å². The second kappa shape index (κ2) is 10.7. The predicted octanol–water partition coefficient (Wildman–Crippen LogP) is 3.82. The van der Waals surface area contributed by atoms with Gasteiger partial charge in [-0.2, -0.15) is 0 Å². The monoisotopic (exact) mass is 515 g/mol. The highest BCUT2D eigenvalue weighted by Gasteiger charge is 2.77. The van der Waals surface area contributed by atoms with Crippen LogP contribution in [0.3, 0.4) is 0 Å². The molecule has 3 aliphatic rings. The van der Waals surface area contributed by atoms with Crippen LogP contribution >= 0.6 is 11.8 Å². The van der Waals surface area contributed by atoms with Crippen molar-refractivity contribution in [2.75, 3.05) is 18.5 Å². The number of amides is 3. The number of nitrogens with zero attached hydrogens (tertiary/aromatic N) is 1. The largest absolute Gasteiger partial charge is 0.394 e. The number of unbranched alkanes of at least 4 members (excludes halogenated alkanes) is 2. The summed E-state index contributed by atoms with van der Waals surface area (Å²) in [5.41, 5.74) is 0.702. The smallest absolute Gasteiger partial charge is 0.244 e. The maximum atomic E-state index is 14.2. The number of thioether (sulfide) groups is 1. The van der Waals surface area contributed by atoms with Crippen LogP contribution in [0.15, 0.2) is 30.3 Å². The van der Waals surface area contributed by atoms with E-state index in [0.717, 1.165) is 25.7 Å². The molecule has 3 amide bonds. The molecule has 2 bridgehead atoms. The number of carbonyl (C=O) groups excluding carboxylic acids is 3. The molecule has 1 aromatic rings. The Hall–Kier alpha value is -2.06. The van der Waals surface area contributed by atoms with Gasteiger partial charge in [0.2, 0.25) is 17.7 Å². The molecule has 8 heteroatoms. The van der Waals surface area contributed by atoms with Crippen molar-refractivity contribution < 1.29 is 19.5 Å². The van der Waals surface area contributed by atoms with E-state index in [1.807, 2.05) is 30.3 Å². The average Bonchev–Trinajstić information content (AvgIpc) is 3.41. The maximum Gasteiger partial charge on any atom is 0.244 e. The molecular formula is C28H41N3O4S. The zero-order valence-corrected chi connectivity index (χ0v) is 22.8. The molecule has 2 unspecified atom stereocenters. The fourth-order valence-corrected chi connectivity index (χ4v) is 9.05. The maximum absolute atomic E-state index is 14.2. The fourth-order valence-electron chi connectivity index (χ4n) is 6.70. The van der Waals surface area contributed by atoms with Crippen LogP contribution in [-0.2, 0) is 14.4 Å². The highest BCUT2D eigenvalue weighted by molar-refractivity contribution is 8.02. The topological polar surface area (TPSA) is 98.7 Å². The first kappa shape index (κ1) is 27.0. The number of benzene rings is 1. The fraction of sp³-hybridized carbons (Fsp3) is 0.679. The van der Waals surface area contributed by atoms with Gasteiger partial charge in [-0.25, -0.2) is 0 Å². The van der Waals surface area contributed by atoms with E-state index in [9.17, 15) is 19.5 Å². The van der Waals surface area contributed by atoms with Gasteiger partial charge in [-0.3, -0.25) is 14.4 Å². The summed E-state index contributed by atoms with van der Waals surface area (Å²) in [6, 6.07) is 8.18. The molecule has 1 aromatic carbocycles. The van der Waals surface area contributed by atoms with E-state index in [1.54, 1.807) is 16.7 Å². The first-order valence-electron chi connectivity index (χ1n) is 13.5. The van der Waals surface area contributed by atoms with Crippen molar-refractivity contribution in [1.29, 1.82) is 0 Å². The van der Waals surface area contributed by atoms with E-state index >= 15 is 0 Å². The third kappa shape index (κ3) is 4.67. The first-order valence-corrected chi connectivity index (χ1v) is 14.3. The average molecular weight is 516 g/mol. The minimum atomic E-state index is -0.686. The zero-order chi connectivity index (χ0) is 26.1. The summed E-state index contributed by atoms with van der Waals surface area (Å²) in [5.74, 6) is -1.35. The van der Waals surface area contributed by atoms with E-state index in [0.29, 0.717) is 25.1 Å². The Bertz CT molecular complexity index is 973. The summed E-state index contributed by atoms with van der Waals surface area (Å²) >= 11 is 1.67. The molecule has 4 rings (SSSR count). The van der Waals surface area contributed by atoms with E-state index < -0.39 is 33.4 Å². The summed E-state index contributed by atoms with van der Waals surface area (Å²) in [4.78, 5) is 43.3. The van der Waals surface area contributed by atoms with Gasteiger partial charge in [-0.15, -0.1) is 11.8 Å². The predicted molar refractivity (Wildman–Crippen MR) is 144 cm³/mol. The Labute approximate surface area is 219 Å². The summed E-state index contributed by atoms with van der Waals surface area (Å²) in [5, 5.41) is 16.5. The minimum absolute atomic E-state index is 0.148. The van der Waals surface area contributed by atoms with Crippen molar-refractivity contribution >= 4 is 35.2 Å². The minimum Gasteiger partial charge on any atom is -0.394 e. The molecule has 3 N–H and O–H groups in total. The molecule has 0 radical (unpaired) electrons. The van der Waals surface area contributed by atoms with Crippen molar-refractivity contribution in [3.8, 4) is 0 Å². The Morgan fingerprint density at radius 2 is 1.89 bits per heavy atom. The number of aliphatic hydroxyl groups excluding tert-OH is 1. The number of aliphatic hydroxyl groups is 1. The number of likely N-dealkylation sites (tertiary alicyclic amines) is 1. The number of fused-ring (bicyclic) bond motifs is 1. The van der Waals surface area contributed by atoms with E-state index in [2.05, 4.69) is 38.3 Å². The molecule has 3 fully saturated rings. The molecular weight excluding hydrogens is 474 g/mol. The van der Waals surface area contributed by atoms with Crippen LogP contribution in [0.25, 0.3) is 0 Å². The van der Waals surface area contributed by atoms with E-state index in [4.69, 9.17) is 0 Å². The molecule has 198 valence electrons. The highest BCUT2D eigenvalue weighted by atomic mass is 32.2. The SMILES string of the molecule is CCCCCNC(=O)C1N([C@@H](CO)CC(C)C)C(=O)[C@@H]2[C@H](C(=O)Nc3ccccc3)[C@]3(C)CCC12S3. The van der Waals surface area contributed by atoms with Crippen molar-refractivity contribution in [2.24, 2.45) is 17.8 Å². The van der Waals surface area contributed by atoms with Crippen molar-refractivity contribution in [3.05, 3.63) is 30.3 Å². The highest BCUT2D eigenvalue weighted by Crippen LogP contribution is 2.71. The Morgan fingerprint density at radius 3 is 2.53 bits per heavy atom. The number of hydrogen-bond acceptors (Lipinski definition) is 5. The molecule has 3 heterocycles. The second-order valence-electron chi connectivity index (χ2n) is 11.3. The molecule has 36 heavy (non-hydrogen) atoms. The number of carbonyl (C=O) groups is 3. The van der Waals surface area contributed by atoms with Crippen LogP contribution in [-0.4, -0.2) is 62.5 Å². The lowest BCUT2D eigenvalue weighted by Crippen LogP contribution is -2.56. The van der Waals surface area contributed by atoms with Gasteiger partial charge >= 0.3 is 0 Å².